The zero-order valence-corrected chi connectivity index (χ0v) is 17.6. The Labute approximate surface area is 180 Å². The summed E-state index contributed by atoms with van der Waals surface area (Å²) >= 11 is 0. The second-order valence-electron chi connectivity index (χ2n) is 7.63. The summed E-state index contributed by atoms with van der Waals surface area (Å²) in [6.45, 7) is 3.48. The maximum Gasteiger partial charge on any atom is 0.341 e. The Balaban J connectivity index is 1.64. The summed E-state index contributed by atoms with van der Waals surface area (Å²) in [6.07, 6.45) is 0.619. The van der Waals surface area contributed by atoms with Crippen LogP contribution in [0.1, 0.15) is 34.1 Å². The van der Waals surface area contributed by atoms with Crippen LogP contribution in [0.2, 0.25) is 0 Å². The van der Waals surface area contributed by atoms with E-state index in [0.717, 1.165) is 40.8 Å². The van der Waals surface area contributed by atoms with Gasteiger partial charge in [-0.3, -0.25) is 4.79 Å². The van der Waals surface area contributed by atoms with Crippen molar-refractivity contribution in [2.75, 3.05) is 0 Å². The second-order valence-corrected chi connectivity index (χ2v) is 7.63. The van der Waals surface area contributed by atoms with E-state index in [-0.39, 0.29) is 5.56 Å². The fraction of sp³-hybridized carbons (Fsp3) is 0.200. The van der Waals surface area contributed by atoms with Crippen molar-refractivity contribution in [2.45, 2.75) is 26.4 Å². The van der Waals surface area contributed by atoms with Crippen molar-refractivity contribution in [3.05, 3.63) is 93.4 Å². The Hall–Kier alpha value is -3.64. The number of pyridine rings is 1. The molecular weight excluding hydrogens is 390 g/mol. The van der Waals surface area contributed by atoms with Crippen molar-refractivity contribution in [1.82, 2.24) is 14.9 Å². The van der Waals surface area contributed by atoms with Gasteiger partial charge in [-0.2, -0.15) is 0 Å². The molecule has 0 saturated heterocycles. The summed E-state index contributed by atoms with van der Waals surface area (Å²) in [4.78, 5) is 26.3. The molecule has 6 heteroatoms. The number of aromatic nitrogens is 2. The van der Waals surface area contributed by atoms with Crippen LogP contribution in [0.3, 0.4) is 0 Å². The minimum atomic E-state index is -1.21. The summed E-state index contributed by atoms with van der Waals surface area (Å²) in [5.41, 5.74) is 5.03. The number of aromatic amines is 1. The van der Waals surface area contributed by atoms with E-state index in [9.17, 15) is 14.7 Å². The Morgan fingerprint density at radius 1 is 1.06 bits per heavy atom. The van der Waals surface area contributed by atoms with Crippen LogP contribution < -0.4 is 10.9 Å². The van der Waals surface area contributed by atoms with Crippen molar-refractivity contribution < 1.29 is 9.90 Å². The highest BCUT2D eigenvalue weighted by molar-refractivity contribution is 5.89. The highest BCUT2D eigenvalue weighted by Gasteiger charge is 2.15. The van der Waals surface area contributed by atoms with E-state index in [4.69, 9.17) is 0 Å². The van der Waals surface area contributed by atoms with E-state index in [0.29, 0.717) is 12.1 Å². The number of aryl methyl sites for hydroxylation is 2. The van der Waals surface area contributed by atoms with Gasteiger partial charge >= 0.3 is 5.97 Å². The van der Waals surface area contributed by atoms with Gasteiger partial charge in [0.1, 0.15) is 5.56 Å². The van der Waals surface area contributed by atoms with Gasteiger partial charge in [-0.1, -0.05) is 43.3 Å². The largest absolute Gasteiger partial charge is 0.477 e. The lowest BCUT2D eigenvalue weighted by atomic mass is 10.0. The molecule has 0 aliphatic carbocycles. The number of carboxylic acids is 1. The SMILES string of the molecule is CCc1cc(C(=O)O)c(=O)[nH]c1-c1ccc2c(c1)cc(CNCc1ccccc1)n2C. The van der Waals surface area contributed by atoms with Crippen molar-refractivity contribution >= 4 is 16.9 Å². The Morgan fingerprint density at radius 2 is 1.84 bits per heavy atom. The Kier molecular flexibility index (Phi) is 5.73. The maximum absolute atomic E-state index is 12.2. The first-order chi connectivity index (χ1) is 15.0. The van der Waals surface area contributed by atoms with Gasteiger partial charge < -0.3 is 20.0 Å². The molecule has 31 heavy (non-hydrogen) atoms. The van der Waals surface area contributed by atoms with Crippen molar-refractivity contribution in [3.8, 4) is 11.3 Å². The number of carbonyl (C=O) groups is 1. The molecule has 2 heterocycles. The van der Waals surface area contributed by atoms with Crippen LogP contribution >= 0.6 is 0 Å². The molecule has 0 radical (unpaired) electrons. The molecule has 4 aromatic rings. The summed E-state index contributed by atoms with van der Waals surface area (Å²) < 4.78 is 2.16. The lowest BCUT2D eigenvalue weighted by molar-refractivity contribution is 0.0695. The van der Waals surface area contributed by atoms with Crippen LogP contribution in [0.4, 0.5) is 0 Å². The number of hydrogen-bond acceptors (Lipinski definition) is 3. The monoisotopic (exact) mass is 415 g/mol. The highest BCUT2D eigenvalue weighted by Crippen LogP contribution is 2.27. The fourth-order valence-corrected chi connectivity index (χ4v) is 3.93. The lowest BCUT2D eigenvalue weighted by Gasteiger charge is -2.10. The quantitative estimate of drug-likeness (QED) is 0.424. The molecule has 6 nitrogen and oxygen atoms in total. The van der Waals surface area contributed by atoms with Gasteiger partial charge in [-0.05, 0) is 47.4 Å². The number of fused-ring (bicyclic) bond motifs is 1. The first-order valence-electron chi connectivity index (χ1n) is 10.3. The van der Waals surface area contributed by atoms with E-state index in [2.05, 4.69) is 33.1 Å². The molecule has 0 unspecified atom stereocenters. The first kappa shape index (κ1) is 20.6. The van der Waals surface area contributed by atoms with Gasteiger partial charge in [0, 0.05) is 36.7 Å². The molecule has 3 N–H and O–H groups in total. The Bertz CT molecular complexity index is 1300. The number of nitrogens with zero attached hydrogens (tertiary/aromatic N) is 1. The number of carboxylic acid groups (broad SMARTS) is 1. The highest BCUT2D eigenvalue weighted by atomic mass is 16.4. The zero-order chi connectivity index (χ0) is 22.0. The average Bonchev–Trinajstić information content (AvgIpc) is 3.09. The van der Waals surface area contributed by atoms with E-state index >= 15 is 0 Å². The van der Waals surface area contributed by atoms with E-state index in [1.54, 1.807) is 0 Å². The van der Waals surface area contributed by atoms with Gasteiger partial charge in [-0.25, -0.2) is 4.79 Å². The molecule has 158 valence electrons. The number of benzene rings is 2. The van der Waals surface area contributed by atoms with Crippen molar-refractivity contribution in [3.63, 3.8) is 0 Å². The van der Waals surface area contributed by atoms with Crippen LogP contribution in [0.5, 0.6) is 0 Å². The third-order valence-corrected chi connectivity index (χ3v) is 5.64. The molecular formula is C25H25N3O3. The summed E-state index contributed by atoms with van der Waals surface area (Å²) in [5.74, 6) is -1.21. The summed E-state index contributed by atoms with van der Waals surface area (Å²) in [6, 6.07) is 19.9. The molecule has 0 saturated carbocycles. The third kappa shape index (κ3) is 4.15. The lowest BCUT2D eigenvalue weighted by Crippen LogP contribution is -2.19. The van der Waals surface area contributed by atoms with Crippen molar-refractivity contribution in [1.29, 1.82) is 0 Å². The Morgan fingerprint density at radius 3 is 2.55 bits per heavy atom. The van der Waals surface area contributed by atoms with Gasteiger partial charge in [0.05, 0.1) is 5.69 Å². The molecule has 0 atom stereocenters. The second kappa shape index (κ2) is 8.62. The van der Waals surface area contributed by atoms with E-state index in [1.807, 2.05) is 50.4 Å². The molecule has 0 amide bonds. The topological polar surface area (TPSA) is 87.1 Å². The van der Waals surface area contributed by atoms with Gasteiger partial charge in [0.25, 0.3) is 5.56 Å². The van der Waals surface area contributed by atoms with Crippen LogP contribution in [0.15, 0.2) is 65.5 Å². The summed E-state index contributed by atoms with van der Waals surface area (Å²) in [7, 11) is 2.04. The van der Waals surface area contributed by atoms with Crippen molar-refractivity contribution in [2.24, 2.45) is 7.05 Å². The predicted molar refractivity (Wildman–Crippen MR) is 122 cm³/mol. The molecule has 0 spiro atoms. The zero-order valence-electron chi connectivity index (χ0n) is 17.6. The fourth-order valence-electron chi connectivity index (χ4n) is 3.93. The summed E-state index contributed by atoms with van der Waals surface area (Å²) in [5, 5.41) is 13.8. The maximum atomic E-state index is 12.2. The van der Waals surface area contributed by atoms with Gasteiger partial charge in [0.2, 0.25) is 0 Å². The standard InChI is InChI=1S/C25H25N3O3/c1-3-17-13-21(25(30)31)24(29)27-23(17)18-9-10-22-19(11-18)12-20(28(22)2)15-26-14-16-7-5-4-6-8-16/h4-13,26H,3,14-15H2,1-2H3,(H,27,29)(H,30,31). The molecule has 0 fully saturated rings. The van der Waals surface area contributed by atoms with E-state index in [1.165, 1.54) is 11.6 Å². The van der Waals surface area contributed by atoms with Gasteiger partial charge in [0.15, 0.2) is 0 Å². The van der Waals surface area contributed by atoms with Crippen LogP contribution in [0, 0.1) is 0 Å². The average molecular weight is 415 g/mol. The van der Waals surface area contributed by atoms with E-state index < -0.39 is 11.5 Å². The molecule has 0 bridgehead atoms. The molecule has 2 aromatic heterocycles. The smallest absolute Gasteiger partial charge is 0.341 e. The molecule has 2 aromatic carbocycles. The van der Waals surface area contributed by atoms with Crippen LogP contribution in [-0.4, -0.2) is 20.6 Å². The minimum absolute atomic E-state index is 0.229. The number of aromatic carboxylic acids is 1. The molecule has 0 aliphatic heterocycles. The first-order valence-corrected chi connectivity index (χ1v) is 10.3. The van der Waals surface area contributed by atoms with Gasteiger partial charge in [-0.15, -0.1) is 0 Å². The third-order valence-electron chi connectivity index (χ3n) is 5.64. The number of rotatable bonds is 7. The minimum Gasteiger partial charge on any atom is -0.477 e. The molecule has 4 rings (SSSR count). The number of H-pyrrole nitrogens is 1. The normalized spacial score (nSPS) is 11.2. The van der Waals surface area contributed by atoms with Crippen LogP contribution in [0.25, 0.3) is 22.2 Å². The number of hydrogen-bond donors (Lipinski definition) is 3. The number of nitrogens with one attached hydrogen (secondary N) is 2. The predicted octanol–water partition coefficient (Wildman–Crippen LogP) is 4.08. The van der Waals surface area contributed by atoms with Crippen LogP contribution in [-0.2, 0) is 26.6 Å². The molecule has 0 aliphatic rings.